The van der Waals surface area contributed by atoms with Crippen molar-refractivity contribution in [2.75, 3.05) is 0 Å². The van der Waals surface area contributed by atoms with E-state index in [1.807, 2.05) is 12.2 Å². The Hall–Kier alpha value is -1.85. The lowest BCUT2D eigenvalue weighted by molar-refractivity contribution is -0.199. The molecule has 37 heavy (non-hydrogen) atoms. The van der Waals surface area contributed by atoms with Gasteiger partial charge in [-0.25, -0.2) is 0 Å². The van der Waals surface area contributed by atoms with Crippen molar-refractivity contribution in [1.29, 1.82) is 0 Å². The highest BCUT2D eigenvalue weighted by atomic mass is 16.6. The average Bonchev–Trinajstić information content (AvgIpc) is 3.39. The zero-order chi connectivity index (χ0) is 27.1. The molecule has 0 aromatic rings. The van der Waals surface area contributed by atoms with Gasteiger partial charge in [-0.3, -0.25) is 14.4 Å². The highest BCUT2D eigenvalue weighted by Crippen LogP contribution is 2.56. The van der Waals surface area contributed by atoms with Gasteiger partial charge in [-0.15, -0.1) is 0 Å². The van der Waals surface area contributed by atoms with Crippen LogP contribution in [0.3, 0.4) is 0 Å². The predicted molar refractivity (Wildman–Crippen MR) is 141 cm³/mol. The van der Waals surface area contributed by atoms with Gasteiger partial charge >= 0.3 is 17.9 Å². The Morgan fingerprint density at radius 1 is 0.730 bits per heavy atom. The molecule has 0 amide bonds. The van der Waals surface area contributed by atoms with Crippen LogP contribution in [-0.2, 0) is 28.6 Å². The van der Waals surface area contributed by atoms with Crippen LogP contribution < -0.4 is 0 Å². The van der Waals surface area contributed by atoms with Gasteiger partial charge in [0.1, 0.15) is 18.3 Å². The Morgan fingerprint density at radius 3 is 1.65 bits per heavy atom. The fraction of sp³-hybridized carbons (Fsp3) is 0.839. The number of carbonyl (C=O) groups excluding carboxylic acids is 3. The molecule has 0 aliphatic heterocycles. The number of esters is 3. The van der Waals surface area contributed by atoms with Gasteiger partial charge in [0.2, 0.25) is 5.41 Å². The van der Waals surface area contributed by atoms with E-state index in [1.54, 1.807) is 0 Å². The maximum absolute atomic E-state index is 14.3. The zero-order valence-corrected chi connectivity index (χ0v) is 23.9. The predicted octanol–water partition coefficient (Wildman–Crippen LogP) is 6.12. The molecular formula is C31H48O6. The third-order valence-corrected chi connectivity index (χ3v) is 9.95. The number of rotatable bonds is 7. The SMILES string of the molecule is CC(=O)O[C@@H]1[C@@H]2C=C[C@@H](C2)C1(C(=O)O[C@@H]1C[C@H](C)CC[C@H]1C(C)C)C(=O)O[C@@H]1C[C@H](C)CC[C@H]1C(C)C. The molecule has 0 aromatic heterocycles. The monoisotopic (exact) mass is 516 g/mol. The minimum absolute atomic E-state index is 0.189. The summed E-state index contributed by atoms with van der Waals surface area (Å²) in [6, 6.07) is 0. The summed E-state index contributed by atoms with van der Waals surface area (Å²) in [5.41, 5.74) is -1.64. The van der Waals surface area contributed by atoms with Crippen molar-refractivity contribution in [3.8, 4) is 0 Å². The highest BCUT2D eigenvalue weighted by molar-refractivity contribution is 6.03. The van der Waals surface area contributed by atoms with E-state index in [4.69, 9.17) is 14.2 Å². The average molecular weight is 517 g/mol. The molecule has 0 radical (unpaired) electrons. The van der Waals surface area contributed by atoms with Gasteiger partial charge in [0.05, 0.1) is 0 Å². The van der Waals surface area contributed by atoms with Gasteiger partial charge in [0, 0.05) is 18.8 Å². The van der Waals surface area contributed by atoms with E-state index in [-0.39, 0.29) is 35.9 Å². The summed E-state index contributed by atoms with van der Waals surface area (Å²) in [5, 5.41) is 0. The molecule has 3 fully saturated rings. The molecule has 4 aliphatic rings. The fourth-order valence-corrected chi connectivity index (χ4v) is 7.79. The molecule has 0 aromatic carbocycles. The van der Waals surface area contributed by atoms with E-state index in [9.17, 15) is 14.4 Å². The van der Waals surface area contributed by atoms with Crippen LogP contribution in [0.15, 0.2) is 12.2 Å². The van der Waals surface area contributed by atoms with E-state index in [1.165, 1.54) is 6.92 Å². The molecule has 4 aliphatic carbocycles. The number of hydrogen-bond acceptors (Lipinski definition) is 6. The summed E-state index contributed by atoms with van der Waals surface area (Å²) in [7, 11) is 0. The van der Waals surface area contributed by atoms with E-state index >= 15 is 0 Å². The molecule has 0 unspecified atom stereocenters. The largest absolute Gasteiger partial charge is 0.461 e. The van der Waals surface area contributed by atoms with Gasteiger partial charge in [0.25, 0.3) is 0 Å². The van der Waals surface area contributed by atoms with Crippen LogP contribution in [0.1, 0.15) is 93.4 Å². The topological polar surface area (TPSA) is 78.9 Å². The maximum atomic E-state index is 14.3. The molecule has 208 valence electrons. The molecule has 0 spiro atoms. The summed E-state index contributed by atoms with van der Waals surface area (Å²) in [6.45, 7) is 14.4. The Morgan fingerprint density at radius 2 is 1.22 bits per heavy atom. The Balaban J connectivity index is 1.68. The van der Waals surface area contributed by atoms with Crippen LogP contribution in [-0.4, -0.2) is 36.2 Å². The maximum Gasteiger partial charge on any atom is 0.328 e. The molecule has 0 saturated heterocycles. The van der Waals surface area contributed by atoms with Gasteiger partial charge in [-0.2, -0.15) is 0 Å². The summed E-state index contributed by atoms with van der Waals surface area (Å²) in [5.74, 6) is -0.0470. The third kappa shape index (κ3) is 5.36. The van der Waals surface area contributed by atoms with Crippen molar-refractivity contribution in [3.05, 3.63) is 12.2 Å². The van der Waals surface area contributed by atoms with Crippen LogP contribution in [0.2, 0.25) is 0 Å². The number of fused-ring (bicyclic) bond motifs is 2. The Kier molecular flexibility index (Phi) is 8.45. The molecule has 0 N–H and O–H groups in total. The standard InChI is InChI=1S/C31H48O6/c1-17(2)24-12-8-19(5)14-26(24)36-29(33)31(23-11-10-22(16-23)28(31)35-21(7)32)30(34)37-27-15-20(6)9-13-25(27)18(3)4/h10-11,17-20,22-28H,8-9,12-16H2,1-7H3/t19-,20-,22-,23+,24+,25+,26-,27-,28-/m1/s1. The lowest BCUT2D eigenvalue weighted by atomic mass is 9.71. The lowest BCUT2D eigenvalue weighted by Crippen LogP contribution is -2.57. The first-order chi connectivity index (χ1) is 17.4. The van der Waals surface area contributed by atoms with Crippen molar-refractivity contribution < 1.29 is 28.6 Å². The first-order valence-electron chi connectivity index (χ1n) is 14.7. The lowest BCUT2D eigenvalue weighted by Gasteiger charge is -2.43. The van der Waals surface area contributed by atoms with Crippen LogP contribution in [0.25, 0.3) is 0 Å². The second-order valence-corrected chi connectivity index (χ2v) is 13.3. The Bertz CT molecular complexity index is 844. The van der Waals surface area contributed by atoms with Crippen molar-refractivity contribution in [1.82, 2.24) is 0 Å². The highest BCUT2D eigenvalue weighted by Gasteiger charge is 2.70. The van der Waals surface area contributed by atoms with E-state index in [0.29, 0.717) is 30.1 Å². The van der Waals surface area contributed by atoms with Crippen LogP contribution in [0.4, 0.5) is 0 Å². The van der Waals surface area contributed by atoms with Gasteiger partial charge < -0.3 is 14.2 Å². The summed E-state index contributed by atoms with van der Waals surface area (Å²) in [6.07, 6.45) is 8.94. The minimum Gasteiger partial charge on any atom is -0.461 e. The first-order valence-corrected chi connectivity index (χ1v) is 14.7. The minimum atomic E-state index is -1.64. The molecule has 2 bridgehead atoms. The molecular weight excluding hydrogens is 468 g/mol. The van der Waals surface area contributed by atoms with E-state index < -0.39 is 29.4 Å². The summed E-state index contributed by atoms with van der Waals surface area (Å²) in [4.78, 5) is 40.8. The van der Waals surface area contributed by atoms with E-state index in [0.717, 1.165) is 38.5 Å². The molecule has 6 heteroatoms. The molecule has 3 saturated carbocycles. The van der Waals surface area contributed by atoms with Crippen molar-refractivity contribution >= 4 is 17.9 Å². The molecule has 4 rings (SSSR count). The van der Waals surface area contributed by atoms with Crippen molar-refractivity contribution in [3.63, 3.8) is 0 Å². The first kappa shape index (κ1) is 28.2. The number of allylic oxidation sites excluding steroid dienone is 1. The molecule has 9 atom stereocenters. The molecule has 6 nitrogen and oxygen atoms in total. The van der Waals surface area contributed by atoms with Crippen molar-refractivity contribution in [2.24, 2.45) is 52.8 Å². The summed E-state index contributed by atoms with van der Waals surface area (Å²) < 4.78 is 18.4. The molecule has 0 heterocycles. The zero-order valence-electron chi connectivity index (χ0n) is 23.9. The number of carbonyl (C=O) groups is 3. The quantitative estimate of drug-likeness (QED) is 0.176. The van der Waals surface area contributed by atoms with Crippen LogP contribution >= 0.6 is 0 Å². The van der Waals surface area contributed by atoms with Gasteiger partial charge in [0.15, 0.2) is 0 Å². The number of ether oxygens (including phenoxy) is 3. The van der Waals surface area contributed by atoms with Gasteiger partial charge in [-0.05, 0) is 67.6 Å². The number of hydrogen-bond donors (Lipinski definition) is 0. The smallest absolute Gasteiger partial charge is 0.328 e. The third-order valence-electron chi connectivity index (χ3n) is 9.95. The normalized spacial score (nSPS) is 38.6. The Labute approximate surface area is 223 Å². The fourth-order valence-electron chi connectivity index (χ4n) is 7.79. The van der Waals surface area contributed by atoms with Gasteiger partial charge in [-0.1, -0.05) is 66.5 Å². The van der Waals surface area contributed by atoms with Crippen LogP contribution in [0.5, 0.6) is 0 Å². The second-order valence-electron chi connectivity index (χ2n) is 13.3. The van der Waals surface area contributed by atoms with E-state index in [2.05, 4.69) is 41.5 Å². The van der Waals surface area contributed by atoms with Crippen molar-refractivity contribution in [2.45, 2.75) is 112 Å². The second kappa shape index (κ2) is 11.1. The van der Waals surface area contributed by atoms with Crippen LogP contribution in [0, 0.1) is 52.8 Å². The summed E-state index contributed by atoms with van der Waals surface area (Å²) >= 11 is 0.